The predicted molar refractivity (Wildman–Crippen MR) is 133 cm³/mol. The van der Waals surface area contributed by atoms with Crippen LogP contribution in [0.4, 0.5) is 13.2 Å². The Labute approximate surface area is 213 Å². The van der Waals surface area contributed by atoms with Gasteiger partial charge in [-0.1, -0.05) is 19.6 Å². The quantitative estimate of drug-likeness (QED) is 0.262. The molecule has 13 heteroatoms. The molecule has 37 heavy (non-hydrogen) atoms. The number of nitrogens with zero attached hydrogens (tertiary/aromatic N) is 5. The minimum Gasteiger partial charge on any atom is -0.481 e. The third-order valence-electron chi connectivity index (χ3n) is 5.35. The first-order valence-corrected chi connectivity index (χ1v) is 15.3. The standard InChI is InChI=1S/C24H30F3N5O4Si/c1-23(2,22(33)34)14-36-19-9-7-16(12-29-19)18-8-6-17(13-28-18)20-30-21(24(25,26)27)32(31-20)15-35-10-11-37(3,4)5/h6-9,12-13H,10-11,14-15H2,1-5H3,(H,33,34). The van der Waals surface area contributed by atoms with Gasteiger partial charge in [-0.05, 0) is 38.1 Å². The van der Waals surface area contributed by atoms with Crippen molar-refractivity contribution < 1.29 is 32.5 Å². The number of pyridine rings is 2. The van der Waals surface area contributed by atoms with Crippen LogP contribution >= 0.6 is 0 Å². The molecule has 0 aliphatic carbocycles. The van der Waals surface area contributed by atoms with Crippen molar-refractivity contribution in [3.8, 4) is 28.5 Å². The van der Waals surface area contributed by atoms with Gasteiger partial charge in [-0.25, -0.2) is 14.6 Å². The molecule has 3 aromatic heterocycles. The summed E-state index contributed by atoms with van der Waals surface area (Å²) in [6, 6.07) is 7.31. The van der Waals surface area contributed by atoms with Crippen molar-refractivity contribution in [2.24, 2.45) is 5.41 Å². The van der Waals surface area contributed by atoms with E-state index in [1.54, 1.807) is 38.1 Å². The smallest absolute Gasteiger partial charge is 0.451 e. The summed E-state index contributed by atoms with van der Waals surface area (Å²) in [5.74, 6) is -1.96. The number of ether oxygens (including phenoxy) is 2. The highest BCUT2D eigenvalue weighted by molar-refractivity contribution is 6.76. The maximum Gasteiger partial charge on any atom is 0.451 e. The van der Waals surface area contributed by atoms with Crippen molar-refractivity contribution in [2.45, 2.75) is 52.4 Å². The van der Waals surface area contributed by atoms with E-state index in [1.165, 1.54) is 12.4 Å². The maximum absolute atomic E-state index is 13.5. The zero-order chi connectivity index (χ0) is 27.4. The molecule has 3 heterocycles. The van der Waals surface area contributed by atoms with Gasteiger partial charge in [0.05, 0.1) is 11.1 Å². The second kappa shape index (κ2) is 11.0. The number of alkyl halides is 3. The van der Waals surface area contributed by atoms with Crippen LogP contribution < -0.4 is 4.74 Å². The van der Waals surface area contributed by atoms with Gasteiger partial charge in [0.1, 0.15) is 13.3 Å². The van der Waals surface area contributed by atoms with Crippen LogP contribution in [-0.2, 0) is 22.4 Å². The lowest BCUT2D eigenvalue weighted by molar-refractivity contribution is -0.150. The predicted octanol–water partition coefficient (Wildman–Crippen LogP) is 5.22. The van der Waals surface area contributed by atoms with Crippen molar-refractivity contribution in [3.05, 3.63) is 42.5 Å². The maximum atomic E-state index is 13.5. The highest BCUT2D eigenvalue weighted by Gasteiger charge is 2.38. The van der Waals surface area contributed by atoms with Crippen LogP contribution in [0.1, 0.15) is 19.7 Å². The molecule has 0 radical (unpaired) electrons. The summed E-state index contributed by atoms with van der Waals surface area (Å²) in [5, 5.41) is 13.2. The van der Waals surface area contributed by atoms with E-state index >= 15 is 0 Å². The Morgan fingerprint density at radius 2 is 1.73 bits per heavy atom. The van der Waals surface area contributed by atoms with Gasteiger partial charge in [-0.2, -0.15) is 13.2 Å². The van der Waals surface area contributed by atoms with Crippen molar-refractivity contribution >= 4 is 14.0 Å². The molecule has 0 amide bonds. The van der Waals surface area contributed by atoms with Crippen LogP contribution in [0.15, 0.2) is 36.7 Å². The molecule has 0 aromatic carbocycles. The zero-order valence-electron chi connectivity index (χ0n) is 21.3. The molecule has 0 aliphatic heterocycles. The third kappa shape index (κ3) is 7.83. The molecule has 3 rings (SSSR count). The number of aromatic nitrogens is 5. The second-order valence-electron chi connectivity index (χ2n) is 10.4. The molecule has 0 saturated heterocycles. The van der Waals surface area contributed by atoms with Crippen molar-refractivity contribution in [3.63, 3.8) is 0 Å². The number of hydrogen-bond donors (Lipinski definition) is 1. The number of carbonyl (C=O) groups is 1. The van der Waals surface area contributed by atoms with E-state index in [9.17, 15) is 18.0 Å². The molecule has 0 spiro atoms. The zero-order valence-corrected chi connectivity index (χ0v) is 22.3. The molecule has 200 valence electrons. The van der Waals surface area contributed by atoms with Gasteiger partial charge in [0.2, 0.25) is 11.7 Å². The Bertz CT molecular complexity index is 1210. The number of carboxylic acids is 1. The number of hydrogen-bond acceptors (Lipinski definition) is 7. The summed E-state index contributed by atoms with van der Waals surface area (Å²) in [6.07, 6.45) is -1.78. The van der Waals surface area contributed by atoms with Gasteiger partial charge < -0.3 is 14.6 Å². The van der Waals surface area contributed by atoms with Gasteiger partial charge in [-0.3, -0.25) is 9.78 Å². The van der Waals surface area contributed by atoms with Crippen LogP contribution in [0.25, 0.3) is 22.6 Å². The fourth-order valence-electron chi connectivity index (χ4n) is 2.92. The molecule has 0 saturated carbocycles. The minimum atomic E-state index is -4.68. The molecular formula is C24H30F3N5O4Si. The van der Waals surface area contributed by atoms with Crippen molar-refractivity contribution in [2.75, 3.05) is 13.2 Å². The van der Waals surface area contributed by atoms with Gasteiger partial charge in [0, 0.05) is 44.3 Å². The van der Waals surface area contributed by atoms with E-state index in [1.807, 2.05) is 0 Å². The highest BCUT2D eigenvalue weighted by Crippen LogP contribution is 2.30. The Morgan fingerprint density at radius 1 is 1.05 bits per heavy atom. The highest BCUT2D eigenvalue weighted by atomic mass is 28.3. The normalized spacial score (nSPS) is 12.5. The molecule has 0 unspecified atom stereocenters. The first-order chi connectivity index (χ1) is 17.2. The number of rotatable bonds is 11. The third-order valence-corrected chi connectivity index (χ3v) is 7.05. The lowest BCUT2D eigenvalue weighted by Gasteiger charge is -2.18. The van der Waals surface area contributed by atoms with E-state index in [0.717, 1.165) is 10.7 Å². The first-order valence-electron chi connectivity index (χ1n) is 11.5. The van der Waals surface area contributed by atoms with Gasteiger partial charge in [0.25, 0.3) is 0 Å². The van der Waals surface area contributed by atoms with Gasteiger partial charge >= 0.3 is 12.1 Å². The lowest BCUT2D eigenvalue weighted by Crippen LogP contribution is -2.30. The summed E-state index contributed by atoms with van der Waals surface area (Å²) >= 11 is 0. The van der Waals surface area contributed by atoms with E-state index < -0.39 is 31.5 Å². The molecule has 9 nitrogen and oxygen atoms in total. The van der Waals surface area contributed by atoms with Crippen LogP contribution in [0.2, 0.25) is 25.7 Å². The largest absolute Gasteiger partial charge is 0.481 e. The van der Waals surface area contributed by atoms with Gasteiger partial charge in [-0.15, -0.1) is 5.10 Å². The topological polar surface area (TPSA) is 112 Å². The van der Waals surface area contributed by atoms with Crippen LogP contribution in [-0.4, -0.2) is 57.1 Å². The first kappa shape index (κ1) is 28.3. The summed E-state index contributed by atoms with van der Waals surface area (Å²) < 4.78 is 52.2. The Hall–Kier alpha value is -3.32. The van der Waals surface area contributed by atoms with E-state index in [4.69, 9.17) is 14.6 Å². The summed E-state index contributed by atoms with van der Waals surface area (Å²) in [4.78, 5) is 23.4. The molecule has 0 atom stereocenters. The van der Waals surface area contributed by atoms with E-state index in [2.05, 4.69) is 39.7 Å². The molecule has 1 N–H and O–H groups in total. The van der Waals surface area contributed by atoms with Crippen LogP contribution in [0.3, 0.4) is 0 Å². The number of halogens is 3. The molecule has 0 bridgehead atoms. The molecule has 0 fully saturated rings. The lowest BCUT2D eigenvalue weighted by atomic mass is 9.95. The number of carboxylic acid groups (broad SMARTS) is 1. The fourth-order valence-corrected chi connectivity index (χ4v) is 3.68. The SMILES string of the molecule is CC(C)(COc1ccc(-c2ccc(-c3nc(C(F)(F)F)n(COCC[Si](C)(C)C)n3)cn2)cn1)C(=O)O. The molecule has 3 aromatic rings. The minimum absolute atomic E-state index is 0.0510. The Morgan fingerprint density at radius 3 is 2.27 bits per heavy atom. The second-order valence-corrected chi connectivity index (χ2v) is 16.0. The fraction of sp³-hybridized carbons (Fsp3) is 0.458. The monoisotopic (exact) mass is 537 g/mol. The van der Waals surface area contributed by atoms with E-state index in [0.29, 0.717) is 23.4 Å². The van der Waals surface area contributed by atoms with Crippen molar-refractivity contribution in [1.82, 2.24) is 24.7 Å². The molecule has 0 aliphatic rings. The summed E-state index contributed by atoms with van der Waals surface area (Å²) in [6.45, 7) is 9.52. The Balaban J connectivity index is 1.71. The number of aliphatic carboxylic acids is 1. The summed E-state index contributed by atoms with van der Waals surface area (Å²) in [5.41, 5.74) is 0.421. The average Bonchev–Trinajstić information content (AvgIpc) is 3.25. The average molecular weight is 538 g/mol. The Kier molecular flexibility index (Phi) is 8.37. The van der Waals surface area contributed by atoms with Crippen molar-refractivity contribution in [1.29, 1.82) is 0 Å². The molecular weight excluding hydrogens is 507 g/mol. The van der Waals surface area contributed by atoms with Gasteiger partial charge in [0.15, 0.2) is 5.82 Å². The summed E-state index contributed by atoms with van der Waals surface area (Å²) in [7, 11) is -1.38. The van der Waals surface area contributed by atoms with E-state index in [-0.39, 0.29) is 25.0 Å². The van der Waals surface area contributed by atoms with Crippen LogP contribution in [0.5, 0.6) is 5.88 Å². The van der Waals surface area contributed by atoms with Crippen LogP contribution in [0, 0.1) is 5.41 Å².